The zero-order chi connectivity index (χ0) is 12.3. The minimum atomic E-state index is -3.33. The molecule has 0 aliphatic carbocycles. The van der Waals surface area contributed by atoms with E-state index >= 15 is 0 Å². The topological polar surface area (TPSA) is 46.2 Å². The predicted octanol–water partition coefficient (Wildman–Crippen LogP) is 2.26. The lowest BCUT2D eigenvalue weighted by Gasteiger charge is -2.11. The van der Waals surface area contributed by atoms with Gasteiger partial charge in [0.2, 0.25) is 10.0 Å². The average Bonchev–Trinajstić information content (AvgIpc) is 2.09. The van der Waals surface area contributed by atoms with Crippen LogP contribution in [0.15, 0.2) is 30.5 Å². The molecule has 88 valence electrons. The van der Waals surface area contributed by atoms with E-state index in [0.29, 0.717) is 5.70 Å². The smallest absolute Gasteiger partial charge is 0.236 e. The molecule has 1 aromatic carbocycles. The summed E-state index contributed by atoms with van der Waals surface area (Å²) in [4.78, 5) is 0. The quantitative estimate of drug-likeness (QED) is 0.876. The Morgan fingerprint density at radius 2 is 1.81 bits per heavy atom. The maximum absolute atomic E-state index is 11.7. The van der Waals surface area contributed by atoms with E-state index in [0.717, 1.165) is 16.7 Å². The second kappa shape index (κ2) is 4.70. The van der Waals surface area contributed by atoms with E-state index in [-0.39, 0.29) is 5.75 Å². The lowest BCUT2D eigenvalue weighted by Crippen LogP contribution is -2.23. The maximum atomic E-state index is 11.7. The number of aryl methyl sites for hydroxylation is 2. The average molecular weight is 239 g/mol. The molecule has 1 N–H and O–H groups in total. The van der Waals surface area contributed by atoms with Crippen LogP contribution in [0.2, 0.25) is 0 Å². The summed E-state index contributed by atoms with van der Waals surface area (Å²) in [5, 5.41) is 0. The van der Waals surface area contributed by atoms with Gasteiger partial charge < -0.3 is 0 Å². The van der Waals surface area contributed by atoms with E-state index in [9.17, 15) is 8.42 Å². The Hall–Kier alpha value is -1.29. The summed E-state index contributed by atoms with van der Waals surface area (Å²) in [5.41, 5.74) is 3.28. The van der Waals surface area contributed by atoms with Crippen LogP contribution in [0.25, 0.3) is 0 Å². The molecule has 1 rings (SSSR count). The van der Waals surface area contributed by atoms with Gasteiger partial charge in [-0.05, 0) is 37.5 Å². The third-order valence-electron chi connectivity index (χ3n) is 2.31. The van der Waals surface area contributed by atoms with Gasteiger partial charge in [0.1, 0.15) is 0 Å². The fourth-order valence-corrected chi connectivity index (χ4v) is 3.01. The summed E-state index contributed by atoms with van der Waals surface area (Å²) in [6.45, 7) is 8.99. The lowest BCUT2D eigenvalue weighted by molar-refractivity contribution is 0.587. The summed E-state index contributed by atoms with van der Waals surface area (Å²) in [7, 11) is -3.33. The van der Waals surface area contributed by atoms with Gasteiger partial charge in [-0.3, -0.25) is 4.72 Å². The van der Waals surface area contributed by atoms with E-state index in [1.807, 2.05) is 32.0 Å². The van der Waals surface area contributed by atoms with Crippen molar-refractivity contribution in [2.75, 3.05) is 0 Å². The number of rotatable bonds is 4. The molecule has 4 heteroatoms. The van der Waals surface area contributed by atoms with Crippen LogP contribution in [0, 0.1) is 13.8 Å². The monoisotopic (exact) mass is 239 g/mol. The Labute approximate surface area is 97.2 Å². The standard InChI is InChI=1S/C12H17NO2S/c1-9(2)13-16(14,15)8-12-10(3)6-5-7-11(12)4/h5-7,13H,1,8H2,2-4H3. The fraction of sp³-hybridized carbons (Fsp3) is 0.333. The Bertz CT molecular complexity index is 484. The minimum absolute atomic E-state index is 0.00162. The summed E-state index contributed by atoms with van der Waals surface area (Å²) in [6, 6.07) is 5.75. The molecular weight excluding hydrogens is 222 g/mol. The van der Waals surface area contributed by atoms with Crippen LogP contribution in [-0.2, 0) is 15.8 Å². The second-order valence-electron chi connectivity index (χ2n) is 4.01. The number of benzene rings is 1. The second-order valence-corrected chi connectivity index (χ2v) is 5.73. The third-order valence-corrected chi connectivity index (χ3v) is 3.64. The van der Waals surface area contributed by atoms with Crippen LogP contribution < -0.4 is 4.72 Å². The van der Waals surface area contributed by atoms with Crippen molar-refractivity contribution in [3.05, 3.63) is 47.2 Å². The van der Waals surface area contributed by atoms with E-state index in [2.05, 4.69) is 11.3 Å². The van der Waals surface area contributed by atoms with Gasteiger partial charge in [-0.15, -0.1) is 0 Å². The molecule has 16 heavy (non-hydrogen) atoms. The molecule has 3 nitrogen and oxygen atoms in total. The summed E-state index contributed by atoms with van der Waals surface area (Å²) in [5.74, 6) is -0.00162. The van der Waals surface area contributed by atoms with E-state index < -0.39 is 10.0 Å². The molecule has 0 atom stereocenters. The van der Waals surface area contributed by atoms with E-state index in [1.54, 1.807) is 6.92 Å². The lowest BCUT2D eigenvalue weighted by atomic mass is 10.1. The highest BCUT2D eigenvalue weighted by Crippen LogP contribution is 2.16. The SMILES string of the molecule is C=C(C)NS(=O)(=O)Cc1c(C)cccc1C. The number of nitrogens with one attached hydrogen (secondary N) is 1. The summed E-state index contributed by atoms with van der Waals surface area (Å²) in [6.07, 6.45) is 0. The number of allylic oxidation sites excluding steroid dienone is 1. The van der Waals surface area contributed by atoms with Crippen LogP contribution >= 0.6 is 0 Å². The molecule has 0 amide bonds. The fourth-order valence-electron chi connectivity index (χ4n) is 1.57. The molecule has 1 aromatic rings. The highest BCUT2D eigenvalue weighted by atomic mass is 32.2. The molecule has 0 spiro atoms. The van der Waals surface area contributed by atoms with Crippen LogP contribution in [0.1, 0.15) is 23.6 Å². The van der Waals surface area contributed by atoms with Crippen molar-refractivity contribution in [1.82, 2.24) is 4.72 Å². The van der Waals surface area contributed by atoms with Crippen LogP contribution in [0.3, 0.4) is 0 Å². The molecule has 0 aliphatic rings. The van der Waals surface area contributed by atoms with Crippen molar-refractivity contribution in [3.8, 4) is 0 Å². The molecule has 0 bridgehead atoms. The van der Waals surface area contributed by atoms with Crippen molar-refractivity contribution in [2.45, 2.75) is 26.5 Å². The van der Waals surface area contributed by atoms with Crippen molar-refractivity contribution >= 4 is 10.0 Å². The molecule has 0 aliphatic heterocycles. The van der Waals surface area contributed by atoms with Crippen LogP contribution in [-0.4, -0.2) is 8.42 Å². The number of sulfonamides is 1. The highest BCUT2D eigenvalue weighted by molar-refractivity contribution is 7.88. The minimum Gasteiger partial charge on any atom is -0.288 e. The first-order valence-corrected chi connectivity index (χ1v) is 6.68. The molecule has 0 saturated carbocycles. The maximum Gasteiger partial charge on any atom is 0.236 e. The Morgan fingerprint density at radius 1 is 1.31 bits per heavy atom. The first-order chi connectivity index (χ1) is 7.32. The van der Waals surface area contributed by atoms with Crippen molar-refractivity contribution in [2.24, 2.45) is 0 Å². The van der Waals surface area contributed by atoms with Gasteiger partial charge >= 0.3 is 0 Å². The molecular formula is C12H17NO2S. The number of hydrogen-bond acceptors (Lipinski definition) is 2. The van der Waals surface area contributed by atoms with Gasteiger partial charge in [0.25, 0.3) is 0 Å². The predicted molar refractivity (Wildman–Crippen MR) is 66.5 cm³/mol. The molecule has 0 fully saturated rings. The number of hydrogen-bond donors (Lipinski definition) is 1. The van der Waals surface area contributed by atoms with Crippen LogP contribution in [0.4, 0.5) is 0 Å². The van der Waals surface area contributed by atoms with E-state index in [4.69, 9.17) is 0 Å². The molecule has 0 aromatic heterocycles. The van der Waals surface area contributed by atoms with Gasteiger partial charge in [0, 0.05) is 5.70 Å². The molecule has 0 saturated heterocycles. The largest absolute Gasteiger partial charge is 0.288 e. The zero-order valence-corrected chi connectivity index (χ0v) is 10.7. The van der Waals surface area contributed by atoms with Crippen LogP contribution in [0.5, 0.6) is 0 Å². The Morgan fingerprint density at radius 3 is 2.25 bits per heavy atom. The van der Waals surface area contributed by atoms with Crippen molar-refractivity contribution < 1.29 is 8.42 Å². The normalized spacial score (nSPS) is 11.2. The van der Waals surface area contributed by atoms with E-state index in [1.165, 1.54) is 0 Å². The third kappa shape index (κ3) is 3.38. The molecule has 0 heterocycles. The Kier molecular flexibility index (Phi) is 3.75. The van der Waals surface area contributed by atoms with Crippen molar-refractivity contribution in [3.63, 3.8) is 0 Å². The zero-order valence-electron chi connectivity index (χ0n) is 9.87. The highest BCUT2D eigenvalue weighted by Gasteiger charge is 2.14. The first kappa shape index (κ1) is 12.8. The summed E-state index contributed by atoms with van der Waals surface area (Å²) < 4.78 is 25.9. The van der Waals surface area contributed by atoms with Gasteiger partial charge in [-0.1, -0.05) is 24.8 Å². The van der Waals surface area contributed by atoms with Gasteiger partial charge in [0.15, 0.2) is 0 Å². The van der Waals surface area contributed by atoms with Crippen molar-refractivity contribution in [1.29, 1.82) is 0 Å². The summed E-state index contributed by atoms with van der Waals surface area (Å²) >= 11 is 0. The molecule has 0 unspecified atom stereocenters. The van der Waals surface area contributed by atoms with Gasteiger partial charge in [0.05, 0.1) is 5.75 Å². The first-order valence-electron chi connectivity index (χ1n) is 5.03. The van der Waals surface area contributed by atoms with Gasteiger partial charge in [-0.25, -0.2) is 8.42 Å². The van der Waals surface area contributed by atoms with Gasteiger partial charge in [-0.2, -0.15) is 0 Å². The Balaban J connectivity index is 3.01. The molecule has 0 radical (unpaired) electrons.